The van der Waals surface area contributed by atoms with Crippen molar-refractivity contribution in [1.29, 1.82) is 0 Å². The number of carboxylic acid groups (broad SMARTS) is 2. The molecule has 2 rings (SSSR count). The van der Waals surface area contributed by atoms with Gasteiger partial charge in [0.25, 0.3) is 0 Å². The molecule has 0 aromatic heterocycles. The number of carbonyl (C=O) groups is 4. The molecule has 0 amide bonds. The Balaban J connectivity index is 0.000000669. The van der Waals surface area contributed by atoms with Gasteiger partial charge in [0.1, 0.15) is 0 Å². The largest absolute Gasteiger partial charge is 0.478 e. The first-order valence-corrected chi connectivity index (χ1v) is 16.0. The molecule has 2 aromatic carbocycles. The van der Waals surface area contributed by atoms with Gasteiger partial charge in [-0.05, 0) is 73.2 Å². The number of aromatic carboxylic acids is 2. The van der Waals surface area contributed by atoms with Crippen LogP contribution >= 0.6 is 0 Å². The van der Waals surface area contributed by atoms with Crippen molar-refractivity contribution >= 4 is 23.9 Å². The molecule has 0 saturated heterocycles. The number of rotatable bonds is 20. The van der Waals surface area contributed by atoms with Gasteiger partial charge in [-0.2, -0.15) is 0 Å². The molecule has 0 aliphatic carbocycles. The van der Waals surface area contributed by atoms with Gasteiger partial charge < -0.3 is 19.7 Å². The van der Waals surface area contributed by atoms with Gasteiger partial charge >= 0.3 is 23.9 Å². The maximum Gasteiger partial charge on any atom is 0.338 e. The molecule has 0 saturated carbocycles. The van der Waals surface area contributed by atoms with E-state index in [0.29, 0.717) is 24.3 Å². The van der Waals surface area contributed by atoms with Crippen molar-refractivity contribution in [2.45, 2.75) is 105 Å². The van der Waals surface area contributed by atoms with Gasteiger partial charge in [0.15, 0.2) is 0 Å². The molecule has 0 aliphatic rings. The summed E-state index contributed by atoms with van der Waals surface area (Å²) in [6.07, 6.45) is 14.0. The lowest BCUT2D eigenvalue weighted by atomic mass is 10.0. The molecule has 0 heterocycles. The molecule has 244 valence electrons. The number of esters is 2. The Morgan fingerprint density at radius 1 is 0.477 bits per heavy atom. The summed E-state index contributed by atoms with van der Waals surface area (Å²) < 4.78 is 10.7. The summed E-state index contributed by atoms with van der Waals surface area (Å²) in [7, 11) is 0. The maximum atomic E-state index is 12.2. The number of unbranched alkanes of at least 4 members (excludes halogenated alkanes) is 8. The van der Waals surface area contributed by atoms with E-state index in [1.54, 1.807) is 24.3 Å². The molecule has 2 aromatic rings. The van der Waals surface area contributed by atoms with E-state index < -0.39 is 11.9 Å². The van der Waals surface area contributed by atoms with Crippen LogP contribution in [0.5, 0.6) is 0 Å². The van der Waals surface area contributed by atoms with Crippen LogP contribution in [0.4, 0.5) is 0 Å². The van der Waals surface area contributed by atoms with Gasteiger partial charge in [0, 0.05) is 0 Å². The van der Waals surface area contributed by atoms with E-state index in [-0.39, 0.29) is 23.1 Å². The molecule has 0 aliphatic heterocycles. The summed E-state index contributed by atoms with van der Waals surface area (Å²) in [5.74, 6) is -1.24. The SMILES string of the molecule is CC(C)CCCCCCCOC(=O)c1ccc(C(=O)OCCCCCCCC(C)C)cc1.O=C(O)c1ccc(C(=O)O)cc1. The van der Waals surface area contributed by atoms with Gasteiger partial charge in [0.2, 0.25) is 0 Å². The van der Waals surface area contributed by atoms with Crippen LogP contribution in [0.15, 0.2) is 48.5 Å². The summed E-state index contributed by atoms with van der Waals surface area (Å²) in [6, 6.07) is 11.6. The van der Waals surface area contributed by atoms with E-state index in [1.807, 2.05) is 0 Å². The van der Waals surface area contributed by atoms with Crippen molar-refractivity contribution in [3.8, 4) is 0 Å². The third kappa shape index (κ3) is 18.1. The summed E-state index contributed by atoms with van der Waals surface area (Å²) in [5.41, 5.74) is 1.11. The number of hydrogen-bond donors (Lipinski definition) is 2. The van der Waals surface area contributed by atoms with Gasteiger partial charge in [-0.1, -0.05) is 91.9 Å². The Morgan fingerprint density at radius 2 is 0.750 bits per heavy atom. The van der Waals surface area contributed by atoms with Gasteiger partial charge in [-0.15, -0.1) is 0 Å². The summed E-state index contributed by atoms with van der Waals surface area (Å²) in [6.45, 7) is 9.92. The highest BCUT2D eigenvalue weighted by molar-refractivity contribution is 5.93. The number of ether oxygens (including phenoxy) is 2. The van der Waals surface area contributed by atoms with Crippen LogP contribution < -0.4 is 0 Å². The molecule has 2 N–H and O–H groups in total. The van der Waals surface area contributed by atoms with Crippen LogP contribution in [-0.2, 0) is 9.47 Å². The summed E-state index contributed by atoms with van der Waals surface area (Å²) in [5, 5.41) is 16.9. The van der Waals surface area contributed by atoms with Crippen LogP contribution in [0.3, 0.4) is 0 Å². The molecule has 0 atom stereocenters. The van der Waals surface area contributed by atoms with Gasteiger partial charge in [-0.3, -0.25) is 0 Å². The zero-order valence-electron chi connectivity index (χ0n) is 27.0. The second-order valence-corrected chi connectivity index (χ2v) is 11.9. The Morgan fingerprint density at radius 3 is 1.05 bits per heavy atom. The van der Waals surface area contributed by atoms with E-state index in [9.17, 15) is 19.2 Å². The van der Waals surface area contributed by atoms with Crippen LogP contribution in [0, 0.1) is 11.8 Å². The molecule has 44 heavy (non-hydrogen) atoms. The number of hydrogen-bond acceptors (Lipinski definition) is 6. The maximum absolute atomic E-state index is 12.2. The lowest BCUT2D eigenvalue weighted by Gasteiger charge is -2.07. The Bertz CT molecular complexity index is 1020. The molecule has 0 radical (unpaired) electrons. The third-order valence-electron chi connectivity index (χ3n) is 7.05. The molecular formula is C36H52O8. The monoisotopic (exact) mass is 612 g/mol. The average molecular weight is 613 g/mol. The van der Waals surface area contributed by atoms with Crippen molar-refractivity contribution in [2.75, 3.05) is 13.2 Å². The number of benzene rings is 2. The van der Waals surface area contributed by atoms with Crippen molar-refractivity contribution in [1.82, 2.24) is 0 Å². The molecular weight excluding hydrogens is 560 g/mol. The van der Waals surface area contributed by atoms with E-state index in [4.69, 9.17) is 19.7 Å². The minimum Gasteiger partial charge on any atom is -0.478 e. The minimum absolute atomic E-state index is 0.0833. The van der Waals surface area contributed by atoms with Gasteiger partial charge in [-0.25, -0.2) is 19.2 Å². The molecule has 0 fully saturated rings. The fourth-order valence-electron chi connectivity index (χ4n) is 4.36. The lowest BCUT2D eigenvalue weighted by molar-refractivity contribution is 0.0483. The second-order valence-electron chi connectivity index (χ2n) is 11.9. The molecule has 0 unspecified atom stereocenters. The highest BCUT2D eigenvalue weighted by atomic mass is 16.5. The van der Waals surface area contributed by atoms with E-state index >= 15 is 0 Å². The Kier molecular flexibility index (Phi) is 19.9. The van der Waals surface area contributed by atoms with Gasteiger partial charge in [0.05, 0.1) is 35.5 Å². The van der Waals surface area contributed by atoms with Crippen molar-refractivity contribution < 1.29 is 38.9 Å². The van der Waals surface area contributed by atoms with Crippen molar-refractivity contribution in [2.24, 2.45) is 11.8 Å². The summed E-state index contributed by atoms with van der Waals surface area (Å²) in [4.78, 5) is 45.0. The fourth-order valence-corrected chi connectivity index (χ4v) is 4.36. The van der Waals surface area contributed by atoms with Crippen molar-refractivity contribution in [3.63, 3.8) is 0 Å². The van der Waals surface area contributed by atoms with E-state index in [1.165, 1.54) is 75.6 Å². The second kappa shape index (κ2) is 22.8. The Hall–Kier alpha value is -3.68. The predicted octanol–water partition coefficient (Wildman–Crippen LogP) is 9.08. The highest BCUT2D eigenvalue weighted by Gasteiger charge is 2.11. The molecule has 0 bridgehead atoms. The first kappa shape index (κ1) is 38.3. The molecule has 8 heteroatoms. The summed E-state index contributed by atoms with van der Waals surface area (Å²) >= 11 is 0. The fraction of sp³-hybridized carbons (Fsp3) is 0.556. The smallest absolute Gasteiger partial charge is 0.338 e. The van der Waals surface area contributed by atoms with Crippen LogP contribution in [0.25, 0.3) is 0 Å². The number of carbonyl (C=O) groups excluding carboxylic acids is 2. The molecule has 0 spiro atoms. The van der Waals surface area contributed by atoms with E-state index in [2.05, 4.69) is 27.7 Å². The Labute approximate surface area is 263 Å². The van der Waals surface area contributed by atoms with Crippen LogP contribution in [-0.4, -0.2) is 47.3 Å². The zero-order chi connectivity index (χ0) is 32.7. The quantitative estimate of drug-likeness (QED) is 0.112. The highest BCUT2D eigenvalue weighted by Crippen LogP contribution is 2.13. The first-order valence-electron chi connectivity index (χ1n) is 16.0. The van der Waals surface area contributed by atoms with E-state index in [0.717, 1.165) is 37.5 Å². The first-order chi connectivity index (χ1) is 21.0. The minimum atomic E-state index is -1.06. The van der Waals surface area contributed by atoms with Crippen molar-refractivity contribution in [3.05, 3.63) is 70.8 Å². The molecule has 8 nitrogen and oxygen atoms in total. The normalized spacial score (nSPS) is 10.7. The third-order valence-corrected chi connectivity index (χ3v) is 7.05. The zero-order valence-corrected chi connectivity index (χ0v) is 27.0. The van der Waals surface area contributed by atoms with Crippen LogP contribution in [0.1, 0.15) is 146 Å². The standard InChI is InChI=1S/C28H46O4.C8H6O4/c1-23(2)15-11-7-5-9-13-21-31-27(29)25-17-19-26(20-18-25)28(30)32-22-14-10-6-8-12-16-24(3)4;9-7(10)5-1-2-6(4-3-5)8(11)12/h17-20,23-24H,5-16,21-22H2,1-4H3;1-4H,(H,9,10)(H,11,12). The lowest BCUT2D eigenvalue weighted by Crippen LogP contribution is -2.09. The average Bonchev–Trinajstić information content (AvgIpc) is 2.99. The number of carboxylic acids is 2. The topological polar surface area (TPSA) is 127 Å². The van der Waals surface area contributed by atoms with Crippen LogP contribution in [0.2, 0.25) is 0 Å². The predicted molar refractivity (Wildman–Crippen MR) is 172 cm³/mol.